The number of carbonyl (C=O) groups is 4. The molecule has 0 saturated carbocycles. The standard InChI is InChI=1S/C26H34N4O8S/c1-25(2,3)38-24(34)27-26(4,16-17-11-9-8-10-12-17)23(33)29-28-21(31)18-13-19(22(32)37-6)15-20(14-18)30(5)39(7,35)36/h8-15H,16H2,1-7H3,(H,27,34)(H,28,31)(H,29,33)/t26-/m1/s1. The molecular weight excluding hydrogens is 528 g/mol. The number of carbonyl (C=O) groups excluding carboxylic acids is 4. The summed E-state index contributed by atoms with van der Waals surface area (Å²) < 4.78 is 34.9. The van der Waals surface area contributed by atoms with Crippen LogP contribution in [0.2, 0.25) is 0 Å². The molecule has 2 aromatic rings. The van der Waals surface area contributed by atoms with Crippen LogP contribution in [0.5, 0.6) is 0 Å². The minimum Gasteiger partial charge on any atom is -0.465 e. The summed E-state index contributed by atoms with van der Waals surface area (Å²) in [5.41, 5.74) is 2.73. The number of rotatable bonds is 8. The molecule has 3 N–H and O–H groups in total. The third-order valence-corrected chi connectivity index (χ3v) is 6.64. The molecule has 0 aliphatic carbocycles. The van der Waals surface area contributed by atoms with Gasteiger partial charge in [-0.3, -0.25) is 24.7 Å². The molecule has 0 aliphatic heterocycles. The number of amides is 3. The van der Waals surface area contributed by atoms with Crippen molar-refractivity contribution >= 4 is 39.6 Å². The van der Waals surface area contributed by atoms with Crippen LogP contribution in [0.1, 0.15) is 54.0 Å². The van der Waals surface area contributed by atoms with Gasteiger partial charge in [0.15, 0.2) is 0 Å². The van der Waals surface area contributed by atoms with Crippen LogP contribution < -0.4 is 20.5 Å². The lowest BCUT2D eigenvalue weighted by Gasteiger charge is -2.31. The summed E-state index contributed by atoms with van der Waals surface area (Å²) in [5.74, 6) is -2.41. The number of anilines is 1. The summed E-state index contributed by atoms with van der Waals surface area (Å²) in [7, 11) is -1.32. The summed E-state index contributed by atoms with van der Waals surface area (Å²) in [6.07, 6.45) is 0.195. The minimum atomic E-state index is -3.72. The summed E-state index contributed by atoms with van der Waals surface area (Å²) in [4.78, 5) is 50.9. The van der Waals surface area contributed by atoms with E-state index in [1.165, 1.54) is 32.2 Å². The van der Waals surface area contributed by atoms with Gasteiger partial charge in [-0.1, -0.05) is 30.3 Å². The average molecular weight is 563 g/mol. The third kappa shape index (κ3) is 8.99. The number of ether oxygens (including phenoxy) is 2. The molecule has 13 heteroatoms. The van der Waals surface area contributed by atoms with Gasteiger partial charge in [-0.2, -0.15) is 0 Å². The number of nitrogens with one attached hydrogen (secondary N) is 3. The van der Waals surface area contributed by atoms with E-state index in [9.17, 15) is 27.6 Å². The number of hydrogen-bond donors (Lipinski definition) is 3. The molecule has 212 valence electrons. The number of sulfonamides is 1. The Hall–Kier alpha value is -4.13. The SMILES string of the molecule is COC(=O)c1cc(C(=O)NNC(=O)[C@@](C)(Cc2ccccc2)NC(=O)OC(C)(C)C)cc(N(C)S(C)(=O)=O)c1. The maximum Gasteiger partial charge on any atom is 0.408 e. The van der Waals surface area contributed by atoms with E-state index < -0.39 is 45.0 Å². The Labute approximate surface area is 228 Å². The van der Waals surface area contributed by atoms with E-state index in [2.05, 4.69) is 16.2 Å². The molecule has 39 heavy (non-hydrogen) atoms. The van der Waals surface area contributed by atoms with Crippen LogP contribution in [0.3, 0.4) is 0 Å². The highest BCUT2D eigenvalue weighted by atomic mass is 32.2. The molecule has 0 radical (unpaired) electrons. The molecular formula is C26H34N4O8S. The predicted octanol–water partition coefficient (Wildman–Crippen LogP) is 2.16. The highest BCUT2D eigenvalue weighted by Gasteiger charge is 2.37. The second kappa shape index (κ2) is 12.2. The zero-order valence-electron chi connectivity index (χ0n) is 22.9. The third-order valence-electron chi connectivity index (χ3n) is 5.43. The summed E-state index contributed by atoms with van der Waals surface area (Å²) in [6.45, 7) is 6.51. The fourth-order valence-corrected chi connectivity index (χ4v) is 3.88. The Bertz CT molecular complexity index is 1340. The number of esters is 1. The first-order chi connectivity index (χ1) is 17.9. The van der Waals surface area contributed by atoms with Crippen LogP contribution in [0, 0.1) is 0 Å². The van der Waals surface area contributed by atoms with Gasteiger partial charge in [-0.15, -0.1) is 0 Å². The van der Waals surface area contributed by atoms with Gasteiger partial charge in [0.05, 0.1) is 24.6 Å². The van der Waals surface area contributed by atoms with E-state index in [-0.39, 0.29) is 23.2 Å². The van der Waals surface area contributed by atoms with E-state index in [0.29, 0.717) is 0 Å². The Morgan fingerprint density at radius 1 is 0.923 bits per heavy atom. The molecule has 2 rings (SSSR count). The lowest BCUT2D eigenvalue weighted by atomic mass is 9.92. The highest BCUT2D eigenvalue weighted by Crippen LogP contribution is 2.21. The van der Waals surface area contributed by atoms with Crippen molar-refractivity contribution in [2.45, 2.75) is 45.3 Å². The summed E-state index contributed by atoms with van der Waals surface area (Å²) in [5, 5.41) is 2.57. The first-order valence-electron chi connectivity index (χ1n) is 11.8. The van der Waals surface area contributed by atoms with E-state index in [1.54, 1.807) is 51.1 Å². The van der Waals surface area contributed by atoms with Crippen molar-refractivity contribution in [1.82, 2.24) is 16.2 Å². The number of hydrazine groups is 1. The van der Waals surface area contributed by atoms with Crippen LogP contribution >= 0.6 is 0 Å². The smallest absolute Gasteiger partial charge is 0.408 e. The van der Waals surface area contributed by atoms with Gasteiger partial charge in [0.25, 0.3) is 11.8 Å². The highest BCUT2D eigenvalue weighted by molar-refractivity contribution is 7.92. The van der Waals surface area contributed by atoms with Crippen molar-refractivity contribution in [2.24, 2.45) is 0 Å². The molecule has 0 heterocycles. The second-order valence-electron chi connectivity index (χ2n) is 10.0. The average Bonchev–Trinajstić information content (AvgIpc) is 2.84. The first-order valence-corrected chi connectivity index (χ1v) is 13.6. The van der Waals surface area contributed by atoms with Gasteiger partial charge in [-0.25, -0.2) is 18.0 Å². The fraction of sp³-hybridized carbons (Fsp3) is 0.385. The Morgan fingerprint density at radius 2 is 1.51 bits per heavy atom. The van der Waals surface area contributed by atoms with E-state index in [0.717, 1.165) is 23.2 Å². The van der Waals surface area contributed by atoms with Gasteiger partial charge in [0.2, 0.25) is 10.0 Å². The zero-order valence-corrected chi connectivity index (χ0v) is 23.8. The van der Waals surface area contributed by atoms with Crippen molar-refractivity contribution in [2.75, 3.05) is 24.7 Å². The molecule has 0 bridgehead atoms. The van der Waals surface area contributed by atoms with Crippen LogP contribution in [0.25, 0.3) is 0 Å². The van der Waals surface area contributed by atoms with E-state index in [1.807, 2.05) is 0 Å². The molecule has 1 atom stereocenters. The van der Waals surface area contributed by atoms with E-state index >= 15 is 0 Å². The van der Waals surface area contributed by atoms with Crippen LogP contribution in [-0.2, 0) is 30.7 Å². The van der Waals surface area contributed by atoms with Crippen molar-refractivity contribution in [3.63, 3.8) is 0 Å². The Balaban J connectivity index is 2.32. The molecule has 3 amide bonds. The Kier molecular flexibility index (Phi) is 9.69. The van der Waals surface area contributed by atoms with Crippen molar-refractivity contribution < 1.29 is 37.1 Å². The van der Waals surface area contributed by atoms with Crippen LogP contribution in [0.15, 0.2) is 48.5 Å². The van der Waals surface area contributed by atoms with Gasteiger partial charge >= 0.3 is 12.1 Å². The second-order valence-corrected chi connectivity index (χ2v) is 12.0. The maximum atomic E-state index is 13.3. The largest absolute Gasteiger partial charge is 0.465 e. The molecule has 0 fully saturated rings. The lowest BCUT2D eigenvalue weighted by molar-refractivity contribution is -0.127. The number of methoxy groups -OCH3 is 1. The quantitative estimate of drug-likeness (QED) is 0.326. The molecule has 0 aromatic heterocycles. The molecule has 12 nitrogen and oxygen atoms in total. The van der Waals surface area contributed by atoms with Gasteiger partial charge in [0.1, 0.15) is 11.1 Å². The van der Waals surface area contributed by atoms with Crippen molar-refractivity contribution in [3.05, 3.63) is 65.2 Å². The minimum absolute atomic E-state index is 0.0254. The normalized spacial score (nSPS) is 12.9. The van der Waals surface area contributed by atoms with E-state index in [4.69, 9.17) is 9.47 Å². The van der Waals surface area contributed by atoms with Crippen LogP contribution in [0.4, 0.5) is 10.5 Å². The molecule has 0 unspecified atom stereocenters. The predicted molar refractivity (Wildman–Crippen MR) is 145 cm³/mol. The summed E-state index contributed by atoms with van der Waals surface area (Å²) in [6, 6.07) is 12.6. The number of alkyl carbamates (subject to hydrolysis) is 1. The monoisotopic (exact) mass is 562 g/mol. The summed E-state index contributed by atoms with van der Waals surface area (Å²) >= 11 is 0. The molecule has 2 aromatic carbocycles. The fourth-order valence-electron chi connectivity index (χ4n) is 3.39. The topological polar surface area (TPSA) is 160 Å². The Morgan fingerprint density at radius 3 is 2.05 bits per heavy atom. The van der Waals surface area contributed by atoms with Crippen molar-refractivity contribution in [3.8, 4) is 0 Å². The number of nitrogens with zero attached hydrogens (tertiary/aromatic N) is 1. The first kappa shape index (κ1) is 31.1. The molecule has 0 saturated heterocycles. The van der Waals surface area contributed by atoms with Crippen LogP contribution in [-0.4, -0.2) is 63.8 Å². The van der Waals surface area contributed by atoms with Gasteiger partial charge < -0.3 is 14.8 Å². The van der Waals surface area contributed by atoms with Crippen molar-refractivity contribution in [1.29, 1.82) is 0 Å². The van der Waals surface area contributed by atoms with Gasteiger partial charge in [-0.05, 0) is 51.5 Å². The lowest BCUT2D eigenvalue weighted by Crippen LogP contribution is -2.61. The number of hydrogen-bond acceptors (Lipinski definition) is 8. The molecule has 0 spiro atoms. The molecule has 0 aliphatic rings. The van der Waals surface area contributed by atoms with Gasteiger partial charge in [0, 0.05) is 19.0 Å². The maximum absolute atomic E-state index is 13.3. The zero-order chi connectivity index (χ0) is 29.6. The number of benzene rings is 2.